The van der Waals surface area contributed by atoms with E-state index < -0.39 is 15.8 Å². The molecule has 1 N–H and O–H groups in total. The number of rotatable bonds is 5. The summed E-state index contributed by atoms with van der Waals surface area (Å²) in [4.78, 5) is -0.362. The summed E-state index contributed by atoms with van der Waals surface area (Å²) in [5.41, 5.74) is 0.379. The summed E-state index contributed by atoms with van der Waals surface area (Å²) in [6.07, 6.45) is 1.41. The number of ether oxygens (including phenoxy) is 1. The second-order valence-corrected chi connectivity index (χ2v) is 7.13. The minimum atomic E-state index is -3.86. The first-order valence-electron chi connectivity index (χ1n) is 6.87. The Morgan fingerprint density at radius 2 is 2.05 bits per heavy atom. The molecule has 0 radical (unpaired) electrons. The molecule has 0 bridgehead atoms. The Morgan fingerprint density at radius 1 is 1.38 bits per heavy atom. The van der Waals surface area contributed by atoms with Crippen molar-refractivity contribution in [2.75, 3.05) is 26.8 Å². The van der Waals surface area contributed by atoms with E-state index in [1.165, 1.54) is 16.4 Å². The number of halogens is 1. The molecule has 1 aliphatic heterocycles. The molecule has 0 unspecified atom stereocenters. The Bertz CT molecular complexity index is 583. The van der Waals surface area contributed by atoms with Crippen molar-refractivity contribution >= 4 is 10.0 Å². The summed E-state index contributed by atoms with van der Waals surface area (Å²) < 4.78 is 45.3. The number of nitrogens with zero attached hydrogens (tertiary/aromatic N) is 1. The van der Waals surface area contributed by atoms with E-state index in [9.17, 15) is 12.8 Å². The lowest BCUT2D eigenvalue weighted by molar-refractivity contribution is 0.121. The van der Waals surface area contributed by atoms with Crippen molar-refractivity contribution in [3.05, 3.63) is 29.6 Å². The Hall–Kier alpha value is -1.02. The number of aliphatic hydroxyl groups excluding tert-OH is 1. The van der Waals surface area contributed by atoms with Gasteiger partial charge in [-0.1, -0.05) is 6.07 Å². The van der Waals surface area contributed by atoms with Crippen LogP contribution in [0.25, 0.3) is 0 Å². The van der Waals surface area contributed by atoms with E-state index in [0.29, 0.717) is 44.0 Å². The van der Waals surface area contributed by atoms with Crippen LogP contribution in [-0.2, 0) is 21.4 Å². The molecule has 1 aromatic rings. The molecule has 5 nitrogen and oxygen atoms in total. The maximum atomic E-state index is 13.8. The molecular formula is C14H20FNO4S. The van der Waals surface area contributed by atoms with Crippen LogP contribution in [0.2, 0.25) is 0 Å². The lowest BCUT2D eigenvalue weighted by Gasteiger charge is -2.31. The monoisotopic (exact) mass is 317 g/mol. The van der Waals surface area contributed by atoms with Crippen molar-refractivity contribution in [1.82, 2.24) is 4.31 Å². The molecule has 1 aromatic carbocycles. The average Bonchev–Trinajstić information content (AvgIpc) is 2.48. The van der Waals surface area contributed by atoms with Crippen molar-refractivity contribution in [1.29, 1.82) is 0 Å². The molecule has 1 aliphatic rings. The summed E-state index contributed by atoms with van der Waals surface area (Å²) >= 11 is 0. The quantitative estimate of drug-likeness (QED) is 0.890. The maximum absolute atomic E-state index is 13.8. The van der Waals surface area contributed by atoms with Gasteiger partial charge in [0.1, 0.15) is 10.7 Å². The standard InChI is InChI=1S/C14H20FNO4S/c1-20-10-11-4-6-16(7-5-11)21(18,19)14-8-12(9-17)2-3-13(14)15/h2-3,8,11,17H,4-7,9-10H2,1H3. The van der Waals surface area contributed by atoms with E-state index in [2.05, 4.69) is 0 Å². The van der Waals surface area contributed by atoms with E-state index in [-0.39, 0.29) is 11.5 Å². The van der Waals surface area contributed by atoms with Gasteiger partial charge in [0.25, 0.3) is 0 Å². The van der Waals surface area contributed by atoms with E-state index in [4.69, 9.17) is 9.84 Å². The highest BCUT2D eigenvalue weighted by Gasteiger charge is 2.31. The normalized spacial score (nSPS) is 18.0. The van der Waals surface area contributed by atoms with Crippen molar-refractivity contribution < 1.29 is 22.7 Å². The summed E-state index contributed by atoms with van der Waals surface area (Å²) in [6.45, 7) is 1.01. The molecule has 0 saturated carbocycles. The summed E-state index contributed by atoms with van der Waals surface area (Å²) in [6, 6.07) is 3.65. The minimum Gasteiger partial charge on any atom is -0.392 e. The Labute approximate surface area is 124 Å². The third kappa shape index (κ3) is 3.60. The molecule has 1 fully saturated rings. The zero-order chi connectivity index (χ0) is 15.5. The number of sulfonamides is 1. The van der Waals surface area contributed by atoms with Crippen molar-refractivity contribution in [3.8, 4) is 0 Å². The van der Waals surface area contributed by atoms with Gasteiger partial charge in [0.05, 0.1) is 6.61 Å². The first-order chi connectivity index (χ1) is 9.98. The molecule has 118 valence electrons. The Balaban J connectivity index is 2.19. The predicted octanol–water partition coefficient (Wildman–Crippen LogP) is 1.37. The van der Waals surface area contributed by atoms with Crippen molar-refractivity contribution in [2.24, 2.45) is 5.92 Å². The summed E-state index contributed by atoms with van der Waals surface area (Å²) in [5.74, 6) is -0.443. The first kappa shape index (κ1) is 16.4. The molecule has 0 atom stereocenters. The lowest BCUT2D eigenvalue weighted by Crippen LogP contribution is -2.39. The van der Waals surface area contributed by atoms with Crippen LogP contribution in [0, 0.1) is 11.7 Å². The van der Waals surface area contributed by atoms with Crippen LogP contribution < -0.4 is 0 Å². The molecule has 1 heterocycles. The van der Waals surface area contributed by atoms with Crippen LogP contribution in [-0.4, -0.2) is 44.6 Å². The van der Waals surface area contributed by atoms with Gasteiger partial charge in [-0.25, -0.2) is 12.8 Å². The van der Waals surface area contributed by atoms with Gasteiger partial charge in [-0.2, -0.15) is 4.31 Å². The fraction of sp³-hybridized carbons (Fsp3) is 0.571. The predicted molar refractivity (Wildman–Crippen MR) is 75.7 cm³/mol. The minimum absolute atomic E-state index is 0.321. The van der Waals surface area contributed by atoms with Crippen LogP contribution in [0.3, 0.4) is 0 Å². The zero-order valence-electron chi connectivity index (χ0n) is 12.0. The fourth-order valence-corrected chi connectivity index (χ4v) is 4.12. The van der Waals surface area contributed by atoms with E-state index >= 15 is 0 Å². The van der Waals surface area contributed by atoms with Crippen LogP contribution in [0.1, 0.15) is 18.4 Å². The third-order valence-corrected chi connectivity index (χ3v) is 5.69. The second kappa shape index (κ2) is 6.83. The lowest BCUT2D eigenvalue weighted by atomic mass is 9.99. The number of hydrogen-bond donors (Lipinski definition) is 1. The summed E-state index contributed by atoms with van der Waals surface area (Å²) in [7, 11) is -2.23. The number of methoxy groups -OCH3 is 1. The molecule has 0 amide bonds. The molecule has 0 aliphatic carbocycles. The molecule has 1 saturated heterocycles. The average molecular weight is 317 g/mol. The van der Waals surface area contributed by atoms with Crippen LogP contribution in [0.4, 0.5) is 4.39 Å². The van der Waals surface area contributed by atoms with Gasteiger partial charge >= 0.3 is 0 Å². The van der Waals surface area contributed by atoms with Gasteiger partial charge < -0.3 is 9.84 Å². The highest BCUT2D eigenvalue weighted by atomic mass is 32.2. The number of hydrogen-bond acceptors (Lipinski definition) is 4. The van der Waals surface area contributed by atoms with Gasteiger partial charge in [-0.05, 0) is 36.5 Å². The smallest absolute Gasteiger partial charge is 0.245 e. The van der Waals surface area contributed by atoms with Gasteiger partial charge in [0.2, 0.25) is 10.0 Å². The molecule has 7 heteroatoms. The SMILES string of the molecule is COCC1CCN(S(=O)(=O)c2cc(CO)ccc2F)CC1. The first-order valence-corrected chi connectivity index (χ1v) is 8.31. The highest BCUT2D eigenvalue weighted by Crippen LogP contribution is 2.26. The molecule has 21 heavy (non-hydrogen) atoms. The van der Waals surface area contributed by atoms with Gasteiger partial charge in [-0.15, -0.1) is 0 Å². The largest absolute Gasteiger partial charge is 0.392 e. The molecule has 0 spiro atoms. The fourth-order valence-electron chi connectivity index (χ4n) is 2.53. The second-order valence-electron chi connectivity index (χ2n) is 5.23. The maximum Gasteiger partial charge on any atom is 0.245 e. The zero-order valence-corrected chi connectivity index (χ0v) is 12.8. The van der Waals surface area contributed by atoms with Gasteiger partial charge in [0, 0.05) is 26.8 Å². The van der Waals surface area contributed by atoms with Crippen molar-refractivity contribution in [2.45, 2.75) is 24.3 Å². The molecule has 2 rings (SSSR count). The number of piperidine rings is 1. The number of benzene rings is 1. The highest BCUT2D eigenvalue weighted by molar-refractivity contribution is 7.89. The van der Waals surface area contributed by atoms with Crippen LogP contribution in [0.5, 0.6) is 0 Å². The third-order valence-electron chi connectivity index (χ3n) is 3.77. The Morgan fingerprint density at radius 3 is 2.62 bits per heavy atom. The number of aliphatic hydroxyl groups is 1. The van der Waals surface area contributed by atoms with E-state index in [1.54, 1.807) is 7.11 Å². The Kier molecular flexibility index (Phi) is 5.32. The molecular weight excluding hydrogens is 297 g/mol. The van der Waals surface area contributed by atoms with Crippen molar-refractivity contribution in [3.63, 3.8) is 0 Å². The van der Waals surface area contributed by atoms with Gasteiger partial charge in [0.15, 0.2) is 0 Å². The van der Waals surface area contributed by atoms with Crippen LogP contribution >= 0.6 is 0 Å². The molecule has 0 aromatic heterocycles. The van der Waals surface area contributed by atoms with E-state index in [1.807, 2.05) is 0 Å². The van der Waals surface area contributed by atoms with Crippen LogP contribution in [0.15, 0.2) is 23.1 Å². The topological polar surface area (TPSA) is 66.8 Å². The summed E-state index contributed by atoms with van der Waals surface area (Å²) in [5, 5.41) is 9.08. The van der Waals surface area contributed by atoms with E-state index in [0.717, 1.165) is 6.07 Å². The van der Waals surface area contributed by atoms with Gasteiger partial charge in [-0.3, -0.25) is 0 Å².